The molecule has 0 spiro atoms. The summed E-state index contributed by atoms with van der Waals surface area (Å²) in [7, 11) is 1.71. The lowest BCUT2D eigenvalue weighted by atomic mass is 10.2. The molecule has 3 aromatic rings. The second kappa shape index (κ2) is 7.15. The van der Waals surface area contributed by atoms with Crippen molar-refractivity contribution < 1.29 is 9.59 Å². The van der Waals surface area contributed by atoms with Crippen LogP contribution in [0.25, 0.3) is 11.0 Å². The van der Waals surface area contributed by atoms with Gasteiger partial charge in [0.1, 0.15) is 5.82 Å². The molecule has 0 radical (unpaired) electrons. The summed E-state index contributed by atoms with van der Waals surface area (Å²) in [6, 6.07) is 11.1. The first-order valence-electron chi connectivity index (χ1n) is 7.49. The first-order valence-corrected chi connectivity index (χ1v) is 8.68. The number of benzene rings is 1. The van der Waals surface area contributed by atoms with Crippen LogP contribution in [0, 0.1) is 0 Å². The topological polar surface area (TPSA) is 66.1 Å². The predicted octanol–water partition coefficient (Wildman–Crippen LogP) is 3.90. The van der Waals surface area contributed by atoms with Gasteiger partial charge in [-0.05, 0) is 24.3 Å². The van der Waals surface area contributed by atoms with Crippen molar-refractivity contribution in [3.05, 3.63) is 51.4 Å². The van der Waals surface area contributed by atoms with Crippen LogP contribution in [0.3, 0.4) is 0 Å². The fourth-order valence-electron chi connectivity index (χ4n) is 2.39. The Morgan fingerprint density at radius 1 is 1.21 bits per heavy atom. The molecular formula is C17H16ClN3O2S. The Bertz CT molecular complexity index is 854. The number of imidazole rings is 1. The molecule has 0 saturated carbocycles. The fourth-order valence-corrected chi connectivity index (χ4v) is 3.40. The van der Waals surface area contributed by atoms with Gasteiger partial charge in [-0.15, -0.1) is 11.3 Å². The van der Waals surface area contributed by atoms with E-state index in [1.54, 1.807) is 24.1 Å². The number of para-hydroxylation sites is 2. The molecule has 7 heteroatoms. The SMILES string of the molecule is CN(Cc1nc2ccccc2[nH]1)C(=O)CCC(=O)c1ccc(Cl)s1. The Hall–Kier alpha value is -2.18. The standard InChI is InChI=1S/C17H16ClN3O2S/c1-21(10-16-19-11-4-2-3-5-12(11)20-16)17(23)9-6-13(22)14-7-8-15(18)24-14/h2-5,7-8H,6,9-10H2,1H3,(H,19,20). The van der Waals surface area contributed by atoms with Crippen LogP contribution in [0.1, 0.15) is 28.3 Å². The smallest absolute Gasteiger partial charge is 0.223 e. The van der Waals surface area contributed by atoms with Crippen LogP contribution in [0.2, 0.25) is 4.34 Å². The fraction of sp³-hybridized carbons (Fsp3) is 0.235. The van der Waals surface area contributed by atoms with Crippen molar-refractivity contribution in [1.29, 1.82) is 0 Å². The number of hydrogen-bond acceptors (Lipinski definition) is 4. The van der Waals surface area contributed by atoms with E-state index in [0.29, 0.717) is 15.8 Å². The highest BCUT2D eigenvalue weighted by molar-refractivity contribution is 7.18. The maximum atomic E-state index is 12.2. The first kappa shape index (κ1) is 16.7. The van der Waals surface area contributed by atoms with E-state index in [-0.39, 0.29) is 24.5 Å². The molecule has 0 saturated heterocycles. The molecular weight excluding hydrogens is 346 g/mol. The summed E-state index contributed by atoms with van der Waals surface area (Å²) >= 11 is 7.06. The minimum Gasteiger partial charge on any atom is -0.340 e. The second-order valence-corrected chi connectivity index (χ2v) is 7.19. The summed E-state index contributed by atoms with van der Waals surface area (Å²) in [4.78, 5) is 34.0. The van der Waals surface area contributed by atoms with Crippen molar-refractivity contribution in [1.82, 2.24) is 14.9 Å². The number of hydrogen-bond donors (Lipinski definition) is 1. The van der Waals surface area contributed by atoms with E-state index in [2.05, 4.69) is 9.97 Å². The Morgan fingerprint density at radius 3 is 2.71 bits per heavy atom. The van der Waals surface area contributed by atoms with Gasteiger partial charge in [0.2, 0.25) is 5.91 Å². The summed E-state index contributed by atoms with van der Waals surface area (Å²) in [6.07, 6.45) is 0.352. The highest BCUT2D eigenvalue weighted by Crippen LogP contribution is 2.23. The molecule has 1 N–H and O–H groups in total. The third-order valence-electron chi connectivity index (χ3n) is 3.67. The van der Waals surface area contributed by atoms with Gasteiger partial charge >= 0.3 is 0 Å². The number of carbonyl (C=O) groups is 2. The van der Waals surface area contributed by atoms with E-state index in [0.717, 1.165) is 16.9 Å². The molecule has 2 aromatic heterocycles. The van der Waals surface area contributed by atoms with Gasteiger partial charge in [-0.25, -0.2) is 4.98 Å². The molecule has 24 heavy (non-hydrogen) atoms. The highest BCUT2D eigenvalue weighted by Gasteiger charge is 2.15. The third-order valence-corrected chi connectivity index (χ3v) is 4.94. The third kappa shape index (κ3) is 3.83. The lowest BCUT2D eigenvalue weighted by Crippen LogP contribution is -2.27. The summed E-state index contributed by atoms with van der Waals surface area (Å²) in [5.74, 6) is 0.576. The van der Waals surface area contributed by atoms with E-state index >= 15 is 0 Å². The predicted molar refractivity (Wildman–Crippen MR) is 95.5 cm³/mol. The normalized spacial score (nSPS) is 10.9. The lowest BCUT2D eigenvalue weighted by molar-refractivity contribution is -0.130. The molecule has 0 bridgehead atoms. The van der Waals surface area contributed by atoms with Gasteiger partial charge < -0.3 is 9.88 Å². The number of halogens is 1. The van der Waals surface area contributed by atoms with Gasteiger partial charge in [0.05, 0.1) is 26.8 Å². The van der Waals surface area contributed by atoms with Crippen LogP contribution < -0.4 is 0 Å². The minimum absolute atomic E-state index is 0.0580. The van der Waals surface area contributed by atoms with Crippen molar-refractivity contribution in [2.45, 2.75) is 19.4 Å². The Labute approximate surface area is 148 Å². The highest BCUT2D eigenvalue weighted by atomic mass is 35.5. The Morgan fingerprint density at radius 2 is 2.00 bits per heavy atom. The number of nitrogens with zero attached hydrogens (tertiary/aromatic N) is 2. The van der Waals surface area contributed by atoms with E-state index < -0.39 is 0 Å². The maximum absolute atomic E-state index is 12.2. The zero-order valence-corrected chi connectivity index (χ0v) is 14.7. The van der Waals surface area contributed by atoms with E-state index in [1.807, 2.05) is 24.3 Å². The number of thiophene rings is 1. The molecule has 2 heterocycles. The van der Waals surface area contributed by atoms with Gasteiger partial charge in [0.25, 0.3) is 0 Å². The van der Waals surface area contributed by atoms with Crippen molar-refractivity contribution >= 4 is 45.7 Å². The molecule has 0 unspecified atom stereocenters. The minimum atomic E-state index is -0.0912. The van der Waals surface area contributed by atoms with Crippen LogP contribution in [-0.2, 0) is 11.3 Å². The van der Waals surface area contributed by atoms with Crippen molar-refractivity contribution in [2.75, 3.05) is 7.05 Å². The molecule has 3 rings (SSSR count). The van der Waals surface area contributed by atoms with E-state index in [4.69, 9.17) is 11.6 Å². The summed E-state index contributed by atoms with van der Waals surface area (Å²) in [6.45, 7) is 0.381. The molecule has 0 aliphatic rings. The molecule has 0 aliphatic carbocycles. The van der Waals surface area contributed by atoms with E-state index in [9.17, 15) is 9.59 Å². The summed E-state index contributed by atoms with van der Waals surface area (Å²) in [5.41, 5.74) is 1.82. The van der Waals surface area contributed by atoms with Gasteiger partial charge in [-0.1, -0.05) is 23.7 Å². The number of H-pyrrole nitrogens is 1. The number of nitrogens with one attached hydrogen (secondary N) is 1. The van der Waals surface area contributed by atoms with Gasteiger partial charge in [0.15, 0.2) is 5.78 Å². The van der Waals surface area contributed by atoms with Crippen molar-refractivity contribution in [3.8, 4) is 0 Å². The number of carbonyl (C=O) groups excluding carboxylic acids is 2. The summed E-state index contributed by atoms with van der Waals surface area (Å²) < 4.78 is 0.576. The molecule has 5 nitrogen and oxygen atoms in total. The maximum Gasteiger partial charge on any atom is 0.223 e. The zero-order valence-electron chi connectivity index (χ0n) is 13.1. The summed E-state index contributed by atoms with van der Waals surface area (Å²) in [5, 5.41) is 0. The Kier molecular flexibility index (Phi) is 4.97. The number of fused-ring (bicyclic) bond motifs is 1. The second-order valence-electron chi connectivity index (χ2n) is 5.48. The number of aromatic nitrogens is 2. The molecule has 1 aromatic carbocycles. The first-order chi connectivity index (χ1) is 11.5. The van der Waals surface area contributed by atoms with Crippen molar-refractivity contribution in [3.63, 3.8) is 0 Å². The lowest BCUT2D eigenvalue weighted by Gasteiger charge is -2.15. The van der Waals surface area contributed by atoms with Gasteiger partial charge in [-0.3, -0.25) is 9.59 Å². The number of amides is 1. The molecule has 0 aliphatic heterocycles. The molecule has 0 atom stereocenters. The molecule has 0 fully saturated rings. The monoisotopic (exact) mass is 361 g/mol. The number of Topliss-reactive ketones (excluding diaryl/α,β-unsaturated/α-hetero) is 1. The number of aromatic amines is 1. The van der Waals surface area contributed by atoms with Crippen LogP contribution in [0.15, 0.2) is 36.4 Å². The average molecular weight is 362 g/mol. The number of ketones is 1. The van der Waals surface area contributed by atoms with E-state index in [1.165, 1.54) is 11.3 Å². The largest absolute Gasteiger partial charge is 0.340 e. The number of rotatable bonds is 6. The van der Waals surface area contributed by atoms with Crippen LogP contribution in [0.5, 0.6) is 0 Å². The average Bonchev–Trinajstić information content (AvgIpc) is 3.17. The van der Waals surface area contributed by atoms with Crippen LogP contribution in [-0.4, -0.2) is 33.6 Å². The van der Waals surface area contributed by atoms with Crippen LogP contribution >= 0.6 is 22.9 Å². The zero-order chi connectivity index (χ0) is 17.1. The molecule has 124 valence electrons. The van der Waals surface area contributed by atoms with Crippen LogP contribution in [0.4, 0.5) is 0 Å². The van der Waals surface area contributed by atoms with Crippen molar-refractivity contribution in [2.24, 2.45) is 0 Å². The molecule has 1 amide bonds. The quantitative estimate of drug-likeness (QED) is 0.677. The van der Waals surface area contributed by atoms with Gasteiger partial charge in [-0.2, -0.15) is 0 Å². The van der Waals surface area contributed by atoms with Gasteiger partial charge in [0, 0.05) is 19.9 Å². The Balaban J connectivity index is 1.55.